The molecule has 0 radical (unpaired) electrons. The summed E-state index contributed by atoms with van der Waals surface area (Å²) in [5.41, 5.74) is 8.64. The van der Waals surface area contributed by atoms with E-state index in [1.54, 1.807) is 0 Å². The van der Waals surface area contributed by atoms with Gasteiger partial charge in [0.05, 0.1) is 0 Å². The number of allylic oxidation sites excluding steroid dienone is 7. The Morgan fingerprint density at radius 2 is 1.63 bits per heavy atom. The summed E-state index contributed by atoms with van der Waals surface area (Å²) in [6, 6.07) is 26.1. The predicted molar refractivity (Wildman–Crippen MR) is 156 cm³/mol. The van der Waals surface area contributed by atoms with E-state index >= 15 is 0 Å². The Bertz CT molecular complexity index is 1210. The highest BCUT2D eigenvalue weighted by Gasteiger charge is 2.15. The number of hydrogen-bond acceptors (Lipinski definition) is 2. The Balaban J connectivity index is 0.00000167. The molecule has 0 aliphatic carbocycles. The molecule has 0 saturated carbocycles. The first-order valence-electron chi connectivity index (χ1n) is 12.6. The van der Waals surface area contributed by atoms with Crippen LogP contribution in [0.4, 0.5) is 22.7 Å². The van der Waals surface area contributed by atoms with E-state index in [0.29, 0.717) is 0 Å². The van der Waals surface area contributed by atoms with Gasteiger partial charge in [0.15, 0.2) is 0 Å². The van der Waals surface area contributed by atoms with Gasteiger partial charge in [-0.15, -0.1) is 0 Å². The Kier molecular flexibility index (Phi) is 9.74. The van der Waals surface area contributed by atoms with Crippen molar-refractivity contribution in [3.63, 3.8) is 0 Å². The van der Waals surface area contributed by atoms with Gasteiger partial charge in [-0.25, -0.2) is 0 Å². The van der Waals surface area contributed by atoms with Gasteiger partial charge >= 0.3 is 0 Å². The molecule has 0 fully saturated rings. The van der Waals surface area contributed by atoms with Crippen LogP contribution in [0.1, 0.15) is 38.8 Å². The molecule has 0 aromatic heterocycles. The van der Waals surface area contributed by atoms with Gasteiger partial charge in [-0.3, -0.25) is 0 Å². The van der Waals surface area contributed by atoms with E-state index < -0.39 is 0 Å². The second-order valence-electron chi connectivity index (χ2n) is 8.27. The molecular formula is C33H38N2. The summed E-state index contributed by atoms with van der Waals surface area (Å²) in [6.45, 7) is 9.05. The summed E-state index contributed by atoms with van der Waals surface area (Å²) in [5.74, 6) is 0. The van der Waals surface area contributed by atoms with Crippen molar-refractivity contribution in [2.45, 2.75) is 34.1 Å². The normalized spacial score (nSPS) is 15.2. The van der Waals surface area contributed by atoms with E-state index in [1.807, 2.05) is 20.8 Å². The molecule has 0 saturated heterocycles. The zero-order valence-corrected chi connectivity index (χ0v) is 21.8. The quantitative estimate of drug-likeness (QED) is 0.349. The van der Waals surface area contributed by atoms with Crippen molar-refractivity contribution < 1.29 is 0 Å². The Morgan fingerprint density at radius 3 is 2.46 bits per heavy atom. The minimum Gasteiger partial charge on any atom is -0.344 e. The smallest absolute Gasteiger partial charge is 0.0484 e. The highest BCUT2D eigenvalue weighted by molar-refractivity contribution is 5.81. The molecule has 4 rings (SSSR count). The first-order valence-corrected chi connectivity index (χ1v) is 12.6. The fourth-order valence-corrected chi connectivity index (χ4v) is 4.25. The third-order valence-electron chi connectivity index (χ3n) is 6.05. The van der Waals surface area contributed by atoms with Crippen molar-refractivity contribution in [1.29, 1.82) is 0 Å². The maximum atomic E-state index is 2.40. The molecule has 0 bridgehead atoms. The number of anilines is 4. The molecule has 3 aromatic rings. The lowest BCUT2D eigenvalue weighted by atomic mass is 10.0. The van der Waals surface area contributed by atoms with E-state index in [-0.39, 0.29) is 0 Å². The first kappa shape index (κ1) is 25.8. The first-order chi connectivity index (χ1) is 17.2. The zero-order valence-electron chi connectivity index (χ0n) is 21.8. The van der Waals surface area contributed by atoms with Crippen molar-refractivity contribution in [2.24, 2.45) is 0 Å². The molecule has 0 atom stereocenters. The van der Waals surface area contributed by atoms with Crippen LogP contribution in [-0.4, -0.2) is 13.6 Å². The van der Waals surface area contributed by atoms with E-state index in [9.17, 15) is 0 Å². The van der Waals surface area contributed by atoms with Crippen LogP contribution in [0.15, 0.2) is 115 Å². The van der Waals surface area contributed by atoms with Crippen LogP contribution < -0.4 is 9.80 Å². The highest BCUT2D eigenvalue weighted by atomic mass is 15.1. The van der Waals surface area contributed by atoms with Gasteiger partial charge in [-0.2, -0.15) is 0 Å². The zero-order chi connectivity index (χ0) is 25.0. The van der Waals surface area contributed by atoms with Gasteiger partial charge < -0.3 is 9.80 Å². The lowest BCUT2D eigenvalue weighted by molar-refractivity contribution is 1.07. The number of rotatable bonds is 5. The molecule has 1 aliphatic heterocycles. The number of benzene rings is 3. The van der Waals surface area contributed by atoms with Gasteiger partial charge in [0, 0.05) is 41.9 Å². The Labute approximate surface area is 212 Å². The monoisotopic (exact) mass is 462 g/mol. The number of nitrogens with zero attached hydrogens (tertiary/aromatic N) is 2. The highest BCUT2D eigenvalue weighted by Crippen LogP contribution is 2.35. The molecule has 1 heterocycles. The van der Waals surface area contributed by atoms with Crippen molar-refractivity contribution in [3.8, 4) is 0 Å². The van der Waals surface area contributed by atoms with Crippen molar-refractivity contribution >= 4 is 28.3 Å². The number of para-hydroxylation sites is 2. The SMILES string of the molecule is C/C=C\C=C(/C)c1ccccc1N(C)c1cccc(N2C/C=C\C=C/Cc3ccccc32)c1.CC. The molecule has 0 amide bonds. The summed E-state index contributed by atoms with van der Waals surface area (Å²) >= 11 is 0. The minimum absolute atomic E-state index is 0.830. The summed E-state index contributed by atoms with van der Waals surface area (Å²) < 4.78 is 0. The van der Waals surface area contributed by atoms with Crippen molar-refractivity contribution in [3.05, 3.63) is 126 Å². The third kappa shape index (κ3) is 6.42. The van der Waals surface area contributed by atoms with Crippen LogP contribution in [0.5, 0.6) is 0 Å². The lowest BCUT2D eigenvalue weighted by Gasteiger charge is -2.28. The van der Waals surface area contributed by atoms with Gasteiger partial charge in [-0.1, -0.05) is 98.8 Å². The van der Waals surface area contributed by atoms with Gasteiger partial charge in [0.1, 0.15) is 0 Å². The van der Waals surface area contributed by atoms with Crippen LogP contribution in [0.2, 0.25) is 0 Å². The standard InChI is InChI=1S/C31H32N2.C2H6/c1-4-5-15-25(2)29-20-10-12-22-31(29)32(3)27-18-14-19-28(24-27)33-23-13-7-6-8-16-26-17-9-11-21-30(26)33;1-2/h4-15,17-22,24H,16,23H2,1-3H3;1-2H3/b5-4-,8-6-,13-7-,25-15+;. The van der Waals surface area contributed by atoms with Gasteiger partial charge in [0.25, 0.3) is 0 Å². The Morgan fingerprint density at radius 1 is 0.886 bits per heavy atom. The molecule has 2 heteroatoms. The molecule has 0 unspecified atom stereocenters. The van der Waals surface area contributed by atoms with Crippen LogP contribution >= 0.6 is 0 Å². The van der Waals surface area contributed by atoms with Crippen molar-refractivity contribution in [1.82, 2.24) is 0 Å². The molecule has 1 aliphatic rings. The summed E-state index contributed by atoms with van der Waals surface area (Å²) in [4.78, 5) is 4.69. The summed E-state index contributed by atoms with van der Waals surface area (Å²) in [5, 5.41) is 0. The average molecular weight is 463 g/mol. The maximum absolute atomic E-state index is 2.40. The Hall–Kier alpha value is -3.78. The number of hydrogen-bond donors (Lipinski definition) is 0. The van der Waals surface area contributed by atoms with Crippen LogP contribution in [0.3, 0.4) is 0 Å². The fourth-order valence-electron chi connectivity index (χ4n) is 4.25. The van der Waals surface area contributed by atoms with Gasteiger partial charge in [-0.05, 0) is 61.7 Å². The molecule has 3 aromatic carbocycles. The molecule has 0 spiro atoms. The van der Waals surface area contributed by atoms with Crippen LogP contribution in [-0.2, 0) is 6.42 Å². The van der Waals surface area contributed by atoms with E-state index in [1.165, 1.54) is 39.4 Å². The average Bonchev–Trinajstić information content (AvgIpc) is 3.03. The molecule has 0 N–H and O–H groups in total. The topological polar surface area (TPSA) is 6.48 Å². The predicted octanol–water partition coefficient (Wildman–Crippen LogP) is 9.27. The summed E-state index contributed by atoms with van der Waals surface area (Å²) in [6.07, 6.45) is 16.0. The number of fused-ring (bicyclic) bond motifs is 1. The van der Waals surface area contributed by atoms with E-state index in [0.717, 1.165) is 13.0 Å². The lowest BCUT2D eigenvalue weighted by Crippen LogP contribution is -2.19. The second kappa shape index (κ2) is 13.2. The molecule has 2 nitrogen and oxygen atoms in total. The van der Waals surface area contributed by atoms with Crippen molar-refractivity contribution in [2.75, 3.05) is 23.4 Å². The van der Waals surface area contributed by atoms with E-state index in [2.05, 4.69) is 139 Å². The van der Waals surface area contributed by atoms with Crippen LogP contribution in [0.25, 0.3) is 5.57 Å². The van der Waals surface area contributed by atoms with Gasteiger partial charge in [0.2, 0.25) is 0 Å². The van der Waals surface area contributed by atoms with E-state index in [4.69, 9.17) is 0 Å². The largest absolute Gasteiger partial charge is 0.344 e. The van der Waals surface area contributed by atoms with Crippen LogP contribution in [0, 0.1) is 0 Å². The molecular weight excluding hydrogens is 424 g/mol. The molecule has 35 heavy (non-hydrogen) atoms. The third-order valence-corrected chi connectivity index (χ3v) is 6.05. The second-order valence-corrected chi connectivity index (χ2v) is 8.27. The maximum Gasteiger partial charge on any atom is 0.0484 e. The fraction of sp³-hybridized carbons (Fsp3) is 0.212. The summed E-state index contributed by atoms with van der Waals surface area (Å²) in [7, 11) is 2.15. The minimum atomic E-state index is 0.830. The molecule has 180 valence electrons.